The van der Waals surface area contributed by atoms with E-state index in [0.717, 1.165) is 47.5 Å². The Morgan fingerprint density at radius 1 is 1.32 bits per heavy atom. The van der Waals surface area contributed by atoms with Crippen molar-refractivity contribution in [2.45, 2.75) is 31.6 Å². The summed E-state index contributed by atoms with van der Waals surface area (Å²) in [5.74, 6) is 1.61. The Morgan fingerprint density at radius 3 is 2.80 bits per heavy atom. The maximum atomic E-state index is 12.1. The summed E-state index contributed by atoms with van der Waals surface area (Å²) in [7, 11) is 4.01. The minimum Gasteiger partial charge on any atom is -0.492 e. The van der Waals surface area contributed by atoms with E-state index >= 15 is 0 Å². The van der Waals surface area contributed by atoms with Crippen LogP contribution in [-0.4, -0.2) is 79.3 Å². The van der Waals surface area contributed by atoms with Crippen molar-refractivity contribution in [1.82, 2.24) is 19.9 Å². The number of carbonyl (C=O) groups excluding carboxylic acids is 1. The van der Waals surface area contributed by atoms with Crippen molar-refractivity contribution in [3.8, 4) is 23.2 Å². The van der Waals surface area contributed by atoms with E-state index in [9.17, 15) is 10.1 Å². The van der Waals surface area contributed by atoms with E-state index < -0.39 is 5.41 Å². The molecule has 0 saturated carbocycles. The highest BCUT2D eigenvalue weighted by atomic mass is 32.1. The van der Waals surface area contributed by atoms with Gasteiger partial charge < -0.3 is 29.7 Å². The van der Waals surface area contributed by atoms with Gasteiger partial charge in [-0.2, -0.15) is 10.2 Å². The Kier molecular flexibility index (Phi) is 7.83. The van der Waals surface area contributed by atoms with E-state index in [4.69, 9.17) is 20.0 Å². The van der Waals surface area contributed by atoms with Gasteiger partial charge in [0.1, 0.15) is 23.4 Å². The Bertz CT molecular complexity index is 1450. The highest BCUT2D eigenvalue weighted by Gasteiger charge is 2.43. The maximum absolute atomic E-state index is 12.1. The fourth-order valence-electron chi connectivity index (χ4n) is 5.51. The second kappa shape index (κ2) is 11.3. The van der Waals surface area contributed by atoms with Crippen LogP contribution in [-0.2, 0) is 16.6 Å². The van der Waals surface area contributed by atoms with Crippen LogP contribution in [0.4, 0.5) is 10.7 Å². The molecule has 2 aromatic heterocycles. The molecule has 2 aliphatic rings. The number of benzene rings is 1. The van der Waals surface area contributed by atoms with Gasteiger partial charge in [-0.15, -0.1) is 11.3 Å². The zero-order chi connectivity index (χ0) is 28.4. The molecule has 0 bridgehead atoms. The quantitative estimate of drug-likeness (QED) is 0.410. The molecule has 1 aliphatic heterocycles. The molecule has 2 N–H and O–H groups in total. The standard InChI is InChI=1S/C29H35N7O3S/c1-5-24(37)36-11-9-35(10-12-36)20-15-19(16-21(17-20)38-14-13-34(3)4)27-32-28(39-33-27)29(2)8-6-7-23-25(29)22(18-30)26(31)40-23/h5,15-17H,1,6-14,31H2,2-4H3. The molecule has 5 rings (SSSR count). The fraction of sp³-hybridized carbons (Fsp3) is 0.448. The summed E-state index contributed by atoms with van der Waals surface area (Å²) in [6.45, 7) is 9.59. The van der Waals surface area contributed by atoms with Gasteiger partial charge in [0.05, 0.1) is 11.0 Å². The van der Waals surface area contributed by atoms with E-state index in [-0.39, 0.29) is 5.91 Å². The zero-order valence-corrected chi connectivity index (χ0v) is 24.1. The van der Waals surface area contributed by atoms with Gasteiger partial charge in [0.25, 0.3) is 0 Å². The van der Waals surface area contributed by atoms with E-state index in [1.807, 2.05) is 32.3 Å². The lowest BCUT2D eigenvalue weighted by molar-refractivity contribution is -0.126. The summed E-state index contributed by atoms with van der Waals surface area (Å²) in [6, 6.07) is 8.29. The van der Waals surface area contributed by atoms with Crippen molar-refractivity contribution < 1.29 is 14.1 Å². The Labute approximate surface area is 238 Å². The van der Waals surface area contributed by atoms with Crippen LogP contribution < -0.4 is 15.4 Å². The lowest BCUT2D eigenvalue weighted by Crippen LogP contribution is -2.48. The summed E-state index contributed by atoms with van der Waals surface area (Å²) < 4.78 is 12.0. The Morgan fingerprint density at radius 2 is 2.10 bits per heavy atom. The minimum atomic E-state index is -0.589. The third-order valence-corrected chi connectivity index (χ3v) is 8.82. The van der Waals surface area contributed by atoms with Crippen molar-refractivity contribution in [2.24, 2.45) is 0 Å². The molecule has 3 heterocycles. The van der Waals surface area contributed by atoms with Gasteiger partial charge in [-0.05, 0) is 58.5 Å². The number of anilines is 2. The number of nitrogens with zero attached hydrogens (tertiary/aromatic N) is 6. The molecule has 11 heteroatoms. The zero-order valence-electron chi connectivity index (χ0n) is 23.3. The number of fused-ring (bicyclic) bond motifs is 1. The van der Waals surface area contributed by atoms with E-state index in [0.29, 0.717) is 60.8 Å². The predicted molar refractivity (Wildman–Crippen MR) is 156 cm³/mol. The number of carbonyl (C=O) groups is 1. The smallest absolute Gasteiger partial charge is 0.246 e. The highest BCUT2D eigenvalue weighted by Crippen LogP contribution is 2.48. The number of aromatic nitrogens is 2. The minimum absolute atomic E-state index is 0.0493. The van der Waals surface area contributed by atoms with Crippen molar-refractivity contribution in [3.63, 3.8) is 0 Å². The molecule has 10 nitrogen and oxygen atoms in total. The second-order valence-corrected chi connectivity index (χ2v) is 11.9. The molecule has 1 aliphatic carbocycles. The van der Waals surface area contributed by atoms with Gasteiger partial charge in [0.2, 0.25) is 17.6 Å². The second-order valence-electron chi connectivity index (χ2n) is 10.7. The molecule has 1 saturated heterocycles. The number of likely N-dealkylation sites (N-methyl/N-ethyl adjacent to an activating group) is 1. The first-order chi connectivity index (χ1) is 19.2. The van der Waals surface area contributed by atoms with Crippen LogP contribution in [0.25, 0.3) is 11.4 Å². The van der Waals surface area contributed by atoms with E-state index in [1.54, 1.807) is 4.90 Å². The number of hydrogen-bond donors (Lipinski definition) is 1. The first-order valence-corrected chi connectivity index (χ1v) is 14.3. The van der Waals surface area contributed by atoms with Crippen LogP contribution in [0.5, 0.6) is 5.75 Å². The Hall–Kier alpha value is -3.88. The Balaban J connectivity index is 1.47. The number of amides is 1. The third-order valence-electron chi connectivity index (χ3n) is 7.74. The van der Waals surface area contributed by atoms with Crippen LogP contribution >= 0.6 is 11.3 Å². The van der Waals surface area contributed by atoms with Crippen LogP contribution in [0.1, 0.15) is 41.7 Å². The molecule has 1 atom stereocenters. The molecule has 3 aromatic rings. The topological polar surface area (TPSA) is 125 Å². The van der Waals surface area contributed by atoms with E-state index in [1.165, 1.54) is 17.4 Å². The molecule has 1 aromatic carbocycles. The maximum Gasteiger partial charge on any atom is 0.246 e. The summed E-state index contributed by atoms with van der Waals surface area (Å²) in [6.07, 6.45) is 4.00. The number of nitrogens with two attached hydrogens (primary N) is 1. The molecule has 1 amide bonds. The highest BCUT2D eigenvalue weighted by molar-refractivity contribution is 7.16. The van der Waals surface area contributed by atoms with E-state index in [2.05, 4.69) is 34.5 Å². The number of thiophene rings is 1. The number of hydrogen-bond acceptors (Lipinski definition) is 10. The van der Waals surface area contributed by atoms with Gasteiger partial charge in [-0.3, -0.25) is 4.79 Å². The molecule has 1 fully saturated rings. The number of rotatable bonds is 8. The van der Waals surface area contributed by atoms with Crippen molar-refractivity contribution >= 4 is 27.9 Å². The normalized spacial score (nSPS) is 18.9. The average molecular weight is 562 g/mol. The van der Waals surface area contributed by atoms with Gasteiger partial charge in [0.15, 0.2) is 0 Å². The molecular weight excluding hydrogens is 526 g/mol. The molecule has 0 spiro atoms. The summed E-state index contributed by atoms with van der Waals surface area (Å²) >= 11 is 1.48. The number of aryl methyl sites for hydroxylation is 1. The van der Waals surface area contributed by atoms with Crippen LogP contribution in [0.2, 0.25) is 0 Å². The predicted octanol–water partition coefficient (Wildman–Crippen LogP) is 3.67. The largest absolute Gasteiger partial charge is 0.492 e. The van der Waals surface area contributed by atoms with Gasteiger partial charge >= 0.3 is 0 Å². The molecule has 1 unspecified atom stereocenters. The molecule has 40 heavy (non-hydrogen) atoms. The summed E-state index contributed by atoms with van der Waals surface area (Å²) in [5, 5.41) is 14.8. The van der Waals surface area contributed by atoms with Crippen LogP contribution in [0.3, 0.4) is 0 Å². The van der Waals surface area contributed by atoms with Crippen molar-refractivity contribution in [3.05, 3.63) is 52.7 Å². The molecule has 0 radical (unpaired) electrons. The van der Waals surface area contributed by atoms with Crippen LogP contribution in [0, 0.1) is 11.3 Å². The number of nitriles is 1. The van der Waals surface area contributed by atoms with Gasteiger partial charge in [-0.1, -0.05) is 11.7 Å². The fourth-order valence-corrected chi connectivity index (χ4v) is 6.70. The number of piperazine rings is 1. The van der Waals surface area contributed by atoms with Gasteiger partial charge in [-0.25, -0.2) is 0 Å². The average Bonchev–Trinajstić information content (AvgIpc) is 3.58. The third kappa shape index (κ3) is 5.29. The van der Waals surface area contributed by atoms with Gasteiger partial charge in [0, 0.05) is 60.5 Å². The lowest BCUT2D eigenvalue weighted by atomic mass is 9.72. The summed E-state index contributed by atoms with van der Waals surface area (Å²) in [5.41, 5.74) is 8.81. The van der Waals surface area contributed by atoms with Crippen molar-refractivity contribution in [1.29, 1.82) is 5.26 Å². The van der Waals surface area contributed by atoms with Crippen molar-refractivity contribution in [2.75, 3.05) is 64.1 Å². The SMILES string of the molecule is C=CC(=O)N1CCN(c2cc(OCCN(C)C)cc(-c3noc(C4(C)CCCc5sc(N)c(C#N)c54)n3)c2)CC1. The number of ether oxygens (including phenoxy) is 1. The van der Waals surface area contributed by atoms with Crippen LogP contribution in [0.15, 0.2) is 35.4 Å². The first-order valence-electron chi connectivity index (χ1n) is 13.5. The lowest BCUT2D eigenvalue weighted by Gasteiger charge is -2.36. The molecular formula is C29H35N7O3S. The first kappa shape index (κ1) is 27.7. The monoisotopic (exact) mass is 561 g/mol. The number of nitrogen functional groups attached to an aromatic ring is 1. The molecule has 210 valence electrons. The summed E-state index contributed by atoms with van der Waals surface area (Å²) in [4.78, 5) is 24.2.